The second kappa shape index (κ2) is 10.8. The number of Topliss-reactive ketones (excluding diaryl/α,β-unsaturated/α-hetero) is 1. The molecule has 1 heterocycles. The molecule has 1 N–H and O–H groups in total. The van der Waals surface area contributed by atoms with Crippen molar-refractivity contribution in [3.8, 4) is 11.5 Å². The van der Waals surface area contributed by atoms with Crippen molar-refractivity contribution in [3.63, 3.8) is 0 Å². The smallest absolute Gasteiger partial charge is 0.263 e. The topological polar surface area (TPSA) is 81.4 Å². The van der Waals surface area contributed by atoms with Crippen molar-refractivity contribution in [2.75, 3.05) is 5.32 Å². The Bertz CT molecular complexity index is 890. The number of hydrogen-bond acceptors (Lipinski definition) is 5. The molecule has 0 spiro atoms. The number of rotatable bonds is 11. The van der Waals surface area contributed by atoms with Crippen LogP contribution in [0.1, 0.15) is 49.2 Å². The van der Waals surface area contributed by atoms with Crippen LogP contribution in [-0.4, -0.2) is 16.7 Å². The van der Waals surface area contributed by atoms with Crippen molar-refractivity contribution in [3.05, 3.63) is 72.9 Å². The van der Waals surface area contributed by atoms with Gasteiger partial charge in [0.25, 0.3) is 5.89 Å². The Hall–Kier alpha value is -3.41. The van der Waals surface area contributed by atoms with E-state index in [0.717, 1.165) is 37.1 Å². The Labute approximate surface area is 169 Å². The van der Waals surface area contributed by atoms with E-state index in [1.165, 1.54) is 12.5 Å². The van der Waals surface area contributed by atoms with Gasteiger partial charge in [0, 0.05) is 18.5 Å². The Morgan fingerprint density at radius 1 is 0.862 bits per heavy atom. The lowest BCUT2D eigenvalue weighted by atomic mass is 10.1. The second-order valence-electron chi connectivity index (χ2n) is 6.66. The maximum atomic E-state index is 12.1. The summed E-state index contributed by atoms with van der Waals surface area (Å²) in [6, 6.07) is 16.8. The Morgan fingerprint density at radius 2 is 1.55 bits per heavy atom. The summed E-state index contributed by atoms with van der Waals surface area (Å²) < 4.78 is 10.7. The molecule has 0 saturated heterocycles. The lowest BCUT2D eigenvalue weighted by Crippen LogP contribution is -2.10. The van der Waals surface area contributed by atoms with Crippen molar-refractivity contribution in [2.24, 2.45) is 0 Å². The first-order chi connectivity index (χ1) is 14.2. The van der Waals surface area contributed by atoms with Gasteiger partial charge in [-0.2, -0.15) is 0 Å². The number of nitrogens with one attached hydrogen (secondary N) is 1. The first kappa shape index (κ1) is 20.3. The number of ether oxygens (including phenoxy) is 1. The predicted octanol–water partition coefficient (Wildman–Crippen LogP) is 5.63. The van der Waals surface area contributed by atoms with Gasteiger partial charge in [0.05, 0.1) is 6.20 Å². The molecule has 0 atom stereocenters. The van der Waals surface area contributed by atoms with Crippen LogP contribution in [0.3, 0.4) is 0 Å². The number of carbonyl (C=O) groups excluding carboxylic acids is 2. The summed E-state index contributed by atoms with van der Waals surface area (Å²) in [5.41, 5.74) is 0.743. The third-order valence-corrected chi connectivity index (χ3v) is 4.35. The summed E-state index contributed by atoms with van der Waals surface area (Å²) in [6.45, 7) is 0. The average molecular weight is 392 g/mol. The van der Waals surface area contributed by atoms with Gasteiger partial charge < -0.3 is 14.5 Å². The summed E-state index contributed by atoms with van der Waals surface area (Å²) in [4.78, 5) is 27.7. The minimum Gasteiger partial charge on any atom is -0.457 e. The van der Waals surface area contributed by atoms with Gasteiger partial charge in [0.2, 0.25) is 11.7 Å². The standard InChI is InChI=1S/C23H24N2O4/c26-21(23-24-16-17-28-23)10-6-1-2-7-11-22(27)25-18-12-14-20(15-13-18)29-19-8-4-3-5-9-19/h3-5,8-9,12-17H,1-2,6-7,10-11H2,(H,25,27). The molecular formula is C23H24N2O4. The molecule has 29 heavy (non-hydrogen) atoms. The number of hydrogen-bond donors (Lipinski definition) is 1. The second-order valence-corrected chi connectivity index (χ2v) is 6.66. The van der Waals surface area contributed by atoms with Crippen LogP contribution in [0, 0.1) is 0 Å². The lowest BCUT2D eigenvalue weighted by Gasteiger charge is -2.08. The number of unbranched alkanes of at least 4 members (excludes halogenated alkanes) is 3. The molecule has 0 aliphatic heterocycles. The molecule has 0 unspecified atom stereocenters. The van der Waals surface area contributed by atoms with Gasteiger partial charge in [-0.1, -0.05) is 31.0 Å². The first-order valence-corrected chi connectivity index (χ1v) is 9.76. The maximum Gasteiger partial charge on any atom is 0.263 e. The monoisotopic (exact) mass is 392 g/mol. The number of oxazole rings is 1. The highest BCUT2D eigenvalue weighted by Gasteiger charge is 2.09. The van der Waals surface area contributed by atoms with E-state index in [4.69, 9.17) is 9.15 Å². The molecule has 2 aromatic carbocycles. The number of amides is 1. The van der Waals surface area contributed by atoms with Crippen LogP contribution in [-0.2, 0) is 4.79 Å². The third kappa shape index (κ3) is 6.92. The fourth-order valence-electron chi connectivity index (χ4n) is 2.85. The van der Waals surface area contributed by atoms with E-state index in [0.29, 0.717) is 18.6 Å². The quantitative estimate of drug-likeness (QED) is 0.338. The van der Waals surface area contributed by atoms with E-state index >= 15 is 0 Å². The maximum absolute atomic E-state index is 12.1. The summed E-state index contributed by atoms with van der Waals surface area (Å²) in [5, 5.41) is 2.89. The zero-order valence-electron chi connectivity index (χ0n) is 16.2. The van der Waals surface area contributed by atoms with Crippen LogP contribution in [0.4, 0.5) is 5.69 Å². The lowest BCUT2D eigenvalue weighted by molar-refractivity contribution is -0.116. The molecule has 3 aromatic rings. The van der Waals surface area contributed by atoms with E-state index in [9.17, 15) is 9.59 Å². The van der Waals surface area contributed by atoms with Gasteiger partial charge >= 0.3 is 0 Å². The number of aromatic nitrogens is 1. The molecular weight excluding hydrogens is 368 g/mol. The van der Waals surface area contributed by atoms with Crippen LogP contribution < -0.4 is 10.1 Å². The number of anilines is 1. The Kier molecular flexibility index (Phi) is 7.57. The van der Waals surface area contributed by atoms with Gasteiger partial charge in [0.1, 0.15) is 17.8 Å². The fraction of sp³-hybridized carbons (Fsp3) is 0.261. The van der Waals surface area contributed by atoms with Gasteiger partial charge in [-0.25, -0.2) is 4.98 Å². The first-order valence-electron chi connectivity index (χ1n) is 9.76. The molecule has 0 bridgehead atoms. The van der Waals surface area contributed by atoms with E-state index in [-0.39, 0.29) is 17.6 Å². The molecule has 0 radical (unpaired) electrons. The zero-order chi connectivity index (χ0) is 20.3. The fourth-order valence-corrected chi connectivity index (χ4v) is 2.85. The van der Waals surface area contributed by atoms with Crippen molar-refractivity contribution in [1.82, 2.24) is 4.98 Å². The highest BCUT2D eigenvalue weighted by atomic mass is 16.5. The predicted molar refractivity (Wildman–Crippen MR) is 110 cm³/mol. The van der Waals surface area contributed by atoms with Crippen LogP contribution in [0.5, 0.6) is 11.5 Å². The summed E-state index contributed by atoms with van der Waals surface area (Å²) in [7, 11) is 0. The highest BCUT2D eigenvalue weighted by Crippen LogP contribution is 2.22. The third-order valence-electron chi connectivity index (χ3n) is 4.35. The van der Waals surface area contributed by atoms with E-state index in [1.807, 2.05) is 54.6 Å². The molecule has 6 nitrogen and oxygen atoms in total. The number of nitrogens with zero attached hydrogens (tertiary/aromatic N) is 1. The molecule has 0 aliphatic rings. The molecule has 6 heteroatoms. The molecule has 1 amide bonds. The van der Waals surface area contributed by atoms with Gasteiger partial charge in [0.15, 0.2) is 0 Å². The van der Waals surface area contributed by atoms with E-state index < -0.39 is 0 Å². The Morgan fingerprint density at radius 3 is 2.24 bits per heavy atom. The van der Waals surface area contributed by atoms with Crippen LogP contribution in [0.25, 0.3) is 0 Å². The van der Waals surface area contributed by atoms with Gasteiger partial charge in [-0.05, 0) is 49.2 Å². The number of para-hydroxylation sites is 1. The summed E-state index contributed by atoms with van der Waals surface area (Å²) >= 11 is 0. The minimum absolute atomic E-state index is 0.0161. The van der Waals surface area contributed by atoms with Crippen LogP contribution >= 0.6 is 0 Å². The van der Waals surface area contributed by atoms with Crippen molar-refractivity contribution < 1.29 is 18.7 Å². The minimum atomic E-state index is -0.0765. The SMILES string of the molecule is O=C(CCCCCCC(=O)c1ncco1)Nc1ccc(Oc2ccccc2)cc1. The summed E-state index contributed by atoms with van der Waals surface area (Å²) in [5.74, 6) is 1.56. The normalized spacial score (nSPS) is 10.5. The molecule has 1 aromatic heterocycles. The van der Waals surface area contributed by atoms with Crippen molar-refractivity contribution in [2.45, 2.75) is 38.5 Å². The van der Waals surface area contributed by atoms with Crippen LogP contribution in [0.15, 0.2) is 71.5 Å². The number of benzene rings is 2. The number of ketones is 1. The zero-order valence-corrected chi connectivity index (χ0v) is 16.2. The average Bonchev–Trinajstić information content (AvgIpc) is 3.28. The van der Waals surface area contributed by atoms with E-state index in [2.05, 4.69) is 10.3 Å². The van der Waals surface area contributed by atoms with Crippen molar-refractivity contribution >= 4 is 17.4 Å². The summed E-state index contributed by atoms with van der Waals surface area (Å²) in [6.07, 6.45) is 7.09. The van der Waals surface area contributed by atoms with Crippen molar-refractivity contribution in [1.29, 1.82) is 0 Å². The number of carbonyl (C=O) groups is 2. The molecule has 0 saturated carbocycles. The highest BCUT2D eigenvalue weighted by molar-refractivity contribution is 5.91. The molecule has 0 aliphatic carbocycles. The van der Waals surface area contributed by atoms with E-state index in [1.54, 1.807) is 0 Å². The van der Waals surface area contributed by atoms with Crippen LogP contribution in [0.2, 0.25) is 0 Å². The van der Waals surface area contributed by atoms with Gasteiger partial charge in [-0.3, -0.25) is 9.59 Å². The molecule has 150 valence electrons. The molecule has 0 fully saturated rings. The van der Waals surface area contributed by atoms with Gasteiger partial charge in [-0.15, -0.1) is 0 Å². The Balaban J connectivity index is 1.29. The molecule has 3 rings (SSSR count). The largest absolute Gasteiger partial charge is 0.457 e.